The molecule has 0 spiro atoms. The van der Waals surface area contributed by atoms with Gasteiger partial charge in [0.1, 0.15) is 10.9 Å². The van der Waals surface area contributed by atoms with Gasteiger partial charge in [0.15, 0.2) is 5.69 Å². The second kappa shape index (κ2) is 11.7. The number of rotatable bonds is 9. The van der Waals surface area contributed by atoms with Gasteiger partial charge in [-0.1, -0.05) is 37.5 Å². The lowest BCUT2D eigenvalue weighted by Crippen LogP contribution is -2.46. The topological polar surface area (TPSA) is 135 Å². The summed E-state index contributed by atoms with van der Waals surface area (Å²) in [4.78, 5) is 44.1. The first-order valence-corrected chi connectivity index (χ1v) is 13.9. The molecule has 1 aliphatic rings. The number of carbonyl (C=O) groups excluding carboxylic acids is 3. The maximum absolute atomic E-state index is 14.0. The number of nitrogen functional groups attached to an aromatic ring is 1. The third-order valence-corrected chi connectivity index (χ3v) is 8.27. The molecule has 37 heavy (non-hydrogen) atoms. The standard InChI is InChI=1S/C26H32N6O3S2/c1-31(2)18-12-10-16(11-13-18)22(25(34)29-17-7-4-3-5-8-17)32(15-19-9-6-14-36-19)26(35)23-20(27)21(24(28)33)30-37-23/h6,9-14,17,22H,3-5,7-8,15,27H2,1-2H3,(H2,28,33)(H,29,34)/t22-/m0/s1. The molecule has 0 radical (unpaired) electrons. The van der Waals surface area contributed by atoms with Gasteiger partial charge in [0.2, 0.25) is 5.91 Å². The van der Waals surface area contributed by atoms with Gasteiger partial charge in [0.25, 0.3) is 11.8 Å². The smallest absolute Gasteiger partial charge is 0.270 e. The molecule has 4 rings (SSSR count). The summed E-state index contributed by atoms with van der Waals surface area (Å²) < 4.78 is 4.01. The van der Waals surface area contributed by atoms with Gasteiger partial charge in [0.05, 0.1) is 12.2 Å². The van der Waals surface area contributed by atoms with E-state index in [4.69, 9.17) is 11.5 Å². The zero-order valence-electron chi connectivity index (χ0n) is 21.0. The van der Waals surface area contributed by atoms with Crippen molar-refractivity contribution in [2.24, 2.45) is 5.73 Å². The van der Waals surface area contributed by atoms with Crippen molar-refractivity contribution in [2.45, 2.75) is 50.7 Å². The molecular weight excluding hydrogens is 508 g/mol. The van der Waals surface area contributed by atoms with Crippen LogP contribution >= 0.6 is 22.9 Å². The van der Waals surface area contributed by atoms with Crippen molar-refractivity contribution in [2.75, 3.05) is 24.7 Å². The largest absolute Gasteiger partial charge is 0.395 e. The van der Waals surface area contributed by atoms with Gasteiger partial charge in [-0.15, -0.1) is 11.3 Å². The highest BCUT2D eigenvalue weighted by molar-refractivity contribution is 7.10. The molecule has 1 saturated carbocycles. The molecule has 3 aromatic rings. The molecular formula is C26H32N6O3S2. The SMILES string of the molecule is CN(C)c1ccc([C@@H](C(=O)NC2CCCCC2)N(Cc2cccs2)C(=O)c2snc(C(N)=O)c2N)cc1. The summed E-state index contributed by atoms with van der Waals surface area (Å²) in [5.74, 6) is -1.52. The van der Waals surface area contributed by atoms with E-state index in [2.05, 4.69) is 9.69 Å². The van der Waals surface area contributed by atoms with E-state index in [0.717, 1.165) is 54.2 Å². The zero-order valence-corrected chi connectivity index (χ0v) is 22.6. The Kier molecular flexibility index (Phi) is 8.45. The number of primary amides is 1. The van der Waals surface area contributed by atoms with E-state index in [1.54, 1.807) is 0 Å². The van der Waals surface area contributed by atoms with E-state index in [0.29, 0.717) is 5.56 Å². The minimum Gasteiger partial charge on any atom is -0.395 e. The quantitative estimate of drug-likeness (QED) is 0.378. The molecule has 196 valence electrons. The number of nitrogens with zero attached hydrogens (tertiary/aromatic N) is 3. The number of amides is 3. The summed E-state index contributed by atoms with van der Waals surface area (Å²) in [6, 6.07) is 10.6. The van der Waals surface area contributed by atoms with Gasteiger partial charge in [0, 0.05) is 30.7 Å². The van der Waals surface area contributed by atoms with Crippen molar-refractivity contribution >= 4 is 52.0 Å². The van der Waals surface area contributed by atoms with E-state index in [-0.39, 0.29) is 34.8 Å². The molecule has 1 atom stereocenters. The van der Waals surface area contributed by atoms with Crippen LogP contribution in [0.2, 0.25) is 0 Å². The number of carbonyl (C=O) groups is 3. The van der Waals surface area contributed by atoms with Crippen LogP contribution in [0.5, 0.6) is 0 Å². The normalized spacial score (nSPS) is 14.6. The Morgan fingerprint density at radius 1 is 1.11 bits per heavy atom. The van der Waals surface area contributed by atoms with Crippen molar-refractivity contribution in [1.82, 2.24) is 14.6 Å². The van der Waals surface area contributed by atoms with Crippen LogP contribution in [-0.2, 0) is 11.3 Å². The summed E-state index contributed by atoms with van der Waals surface area (Å²) in [7, 11) is 3.88. The second-order valence-corrected chi connectivity index (χ2v) is 11.2. The number of hydrogen-bond donors (Lipinski definition) is 3. The van der Waals surface area contributed by atoms with E-state index in [1.165, 1.54) is 16.2 Å². The lowest BCUT2D eigenvalue weighted by atomic mass is 9.94. The van der Waals surface area contributed by atoms with Crippen molar-refractivity contribution in [1.29, 1.82) is 0 Å². The van der Waals surface area contributed by atoms with Crippen LogP contribution in [0, 0.1) is 0 Å². The first-order chi connectivity index (χ1) is 17.8. The van der Waals surface area contributed by atoms with Gasteiger partial charge in [-0.3, -0.25) is 14.4 Å². The van der Waals surface area contributed by atoms with Crippen molar-refractivity contribution < 1.29 is 14.4 Å². The van der Waals surface area contributed by atoms with E-state index in [1.807, 2.05) is 60.8 Å². The van der Waals surface area contributed by atoms with Crippen LogP contribution in [0.4, 0.5) is 11.4 Å². The van der Waals surface area contributed by atoms with Gasteiger partial charge < -0.3 is 26.6 Å². The zero-order chi connectivity index (χ0) is 26.5. The third kappa shape index (κ3) is 6.11. The summed E-state index contributed by atoms with van der Waals surface area (Å²) in [6.07, 6.45) is 5.13. The number of anilines is 2. The van der Waals surface area contributed by atoms with Gasteiger partial charge in [-0.25, -0.2) is 0 Å². The van der Waals surface area contributed by atoms with Crippen LogP contribution < -0.4 is 21.7 Å². The Labute approximate surface area is 224 Å². The number of aromatic nitrogens is 1. The van der Waals surface area contributed by atoms with Crippen LogP contribution in [0.25, 0.3) is 0 Å². The molecule has 2 heterocycles. The van der Waals surface area contributed by atoms with Crippen molar-refractivity contribution in [3.63, 3.8) is 0 Å². The monoisotopic (exact) mass is 540 g/mol. The number of nitrogens with two attached hydrogens (primary N) is 2. The van der Waals surface area contributed by atoms with Crippen molar-refractivity contribution in [3.05, 3.63) is 62.8 Å². The highest BCUT2D eigenvalue weighted by Gasteiger charge is 2.36. The number of hydrogen-bond acceptors (Lipinski definition) is 8. The molecule has 1 fully saturated rings. The molecule has 0 bridgehead atoms. The Balaban J connectivity index is 1.77. The maximum atomic E-state index is 14.0. The molecule has 5 N–H and O–H groups in total. The molecule has 1 aromatic carbocycles. The number of thiophene rings is 1. The van der Waals surface area contributed by atoms with Gasteiger partial charge in [-0.2, -0.15) is 4.37 Å². The van der Waals surface area contributed by atoms with Gasteiger partial charge in [-0.05, 0) is 53.5 Å². The Bertz CT molecular complexity index is 1230. The average molecular weight is 541 g/mol. The van der Waals surface area contributed by atoms with Crippen molar-refractivity contribution in [3.8, 4) is 0 Å². The molecule has 1 aliphatic carbocycles. The second-order valence-electron chi connectivity index (χ2n) is 9.38. The fourth-order valence-corrected chi connectivity index (χ4v) is 6.03. The highest BCUT2D eigenvalue weighted by Crippen LogP contribution is 2.32. The Morgan fingerprint density at radius 3 is 2.38 bits per heavy atom. The lowest BCUT2D eigenvalue weighted by Gasteiger charge is -2.33. The first-order valence-electron chi connectivity index (χ1n) is 12.2. The summed E-state index contributed by atoms with van der Waals surface area (Å²) >= 11 is 2.31. The molecule has 11 heteroatoms. The average Bonchev–Trinajstić information content (AvgIpc) is 3.53. The Morgan fingerprint density at radius 2 is 1.81 bits per heavy atom. The maximum Gasteiger partial charge on any atom is 0.270 e. The number of benzene rings is 1. The fraction of sp³-hybridized carbons (Fsp3) is 0.385. The molecule has 0 saturated heterocycles. The molecule has 0 unspecified atom stereocenters. The molecule has 9 nitrogen and oxygen atoms in total. The van der Waals surface area contributed by atoms with Gasteiger partial charge >= 0.3 is 0 Å². The van der Waals surface area contributed by atoms with E-state index >= 15 is 0 Å². The lowest BCUT2D eigenvalue weighted by molar-refractivity contribution is -0.127. The summed E-state index contributed by atoms with van der Waals surface area (Å²) in [6.45, 7) is 0.192. The first kappa shape index (κ1) is 26.6. The Hall–Kier alpha value is -3.44. The van der Waals surface area contributed by atoms with E-state index in [9.17, 15) is 14.4 Å². The predicted molar refractivity (Wildman–Crippen MR) is 148 cm³/mol. The third-order valence-electron chi connectivity index (χ3n) is 6.56. The minimum absolute atomic E-state index is 0.0620. The van der Waals surface area contributed by atoms with Crippen LogP contribution in [-0.4, -0.2) is 47.1 Å². The van der Waals surface area contributed by atoms with Crippen LogP contribution in [0.3, 0.4) is 0 Å². The molecule has 3 amide bonds. The highest BCUT2D eigenvalue weighted by atomic mass is 32.1. The van der Waals surface area contributed by atoms with E-state index < -0.39 is 17.9 Å². The fourth-order valence-electron chi connectivity index (χ4n) is 4.57. The van der Waals surface area contributed by atoms with Crippen LogP contribution in [0.15, 0.2) is 41.8 Å². The van der Waals surface area contributed by atoms with Crippen LogP contribution in [0.1, 0.15) is 68.7 Å². The minimum atomic E-state index is -0.911. The predicted octanol–water partition coefficient (Wildman–Crippen LogP) is 3.78. The molecule has 0 aliphatic heterocycles. The number of nitrogens with one attached hydrogen (secondary N) is 1. The summed E-state index contributed by atoms with van der Waals surface area (Å²) in [5.41, 5.74) is 13.0. The molecule has 2 aromatic heterocycles. The summed E-state index contributed by atoms with van der Waals surface area (Å²) in [5, 5.41) is 5.13.